The molecule has 1 unspecified atom stereocenters. The number of phenolic OH excluding ortho intramolecular Hbond substituents is 1. The van der Waals surface area contributed by atoms with E-state index in [0.29, 0.717) is 17.0 Å². The fourth-order valence-corrected chi connectivity index (χ4v) is 2.54. The maximum Gasteiger partial charge on any atom is 0.408 e. The van der Waals surface area contributed by atoms with E-state index in [4.69, 9.17) is 9.47 Å². The van der Waals surface area contributed by atoms with Crippen LogP contribution in [0.5, 0.6) is 11.5 Å². The van der Waals surface area contributed by atoms with Crippen LogP contribution in [0.3, 0.4) is 0 Å². The van der Waals surface area contributed by atoms with Crippen LogP contribution in [0, 0.1) is 0 Å². The van der Waals surface area contributed by atoms with Gasteiger partial charge < -0.3 is 30.5 Å². The van der Waals surface area contributed by atoms with Gasteiger partial charge in [0, 0.05) is 12.2 Å². The zero-order valence-electron chi connectivity index (χ0n) is 18.6. The Morgan fingerprint density at radius 3 is 2.31 bits per heavy atom. The van der Waals surface area contributed by atoms with Gasteiger partial charge in [-0.15, -0.1) is 0 Å². The number of para-hydroxylation sites is 1. The minimum absolute atomic E-state index is 0.103. The van der Waals surface area contributed by atoms with Crippen molar-refractivity contribution in [2.24, 2.45) is 0 Å². The number of rotatable bonds is 8. The molecule has 0 aromatic heterocycles. The van der Waals surface area contributed by atoms with Crippen molar-refractivity contribution in [3.8, 4) is 11.5 Å². The molecule has 3 amide bonds. The van der Waals surface area contributed by atoms with Gasteiger partial charge in [0.15, 0.2) is 6.10 Å². The number of nitrogens with one attached hydrogen (secondary N) is 3. The van der Waals surface area contributed by atoms with Crippen LogP contribution in [-0.2, 0) is 20.9 Å². The van der Waals surface area contributed by atoms with Gasteiger partial charge in [-0.25, -0.2) is 4.79 Å². The maximum atomic E-state index is 12.5. The zero-order valence-corrected chi connectivity index (χ0v) is 18.6. The lowest BCUT2D eigenvalue weighted by Crippen LogP contribution is -2.39. The molecule has 1 atom stereocenters. The number of hydrogen-bond acceptors (Lipinski definition) is 6. The third-order valence-corrected chi connectivity index (χ3v) is 4.06. The standard InChI is InChI=1S/C23H29N3O6/c1-15(31-18-11-9-17(27)10-12-18)21(29)26-19-8-6-5-7-16(19)13-24-20(28)14-25-22(30)32-23(2,3)4/h5-12,15,27H,13-14H2,1-4H3,(H,24,28)(H,25,30)(H,26,29). The normalized spacial score (nSPS) is 11.8. The van der Waals surface area contributed by atoms with Gasteiger partial charge in [0.05, 0.1) is 0 Å². The van der Waals surface area contributed by atoms with Crippen molar-refractivity contribution in [3.63, 3.8) is 0 Å². The summed E-state index contributed by atoms with van der Waals surface area (Å²) in [5.74, 6) is -0.223. The maximum absolute atomic E-state index is 12.5. The lowest BCUT2D eigenvalue weighted by molar-refractivity contribution is -0.122. The minimum Gasteiger partial charge on any atom is -0.508 e. The van der Waals surface area contributed by atoms with Gasteiger partial charge in [0.25, 0.3) is 5.91 Å². The number of carbonyl (C=O) groups excluding carboxylic acids is 3. The van der Waals surface area contributed by atoms with Gasteiger partial charge in [-0.3, -0.25) is 9.59 Å². The fraction of sp³-hybridized carbons (Fsp3) is 0.348. The molecule has 0 fully saturated rings. The van der Waals surface area contributed by atoms with Crippen molar-refractivity contribution in [2.75, 3.05) is 11.9 Å². The van der Waals surface area contributed by atoms with E-state index in [0.717, 1.165) is 0 Å². The van der Waals surface area contributed by atoms with E-state index in [9.17, 15) is 19.5 Å². The van der Waals surface area contributed by atoms with Crippen molar-refractivity contribution >= 4 is 23.6 Å². The summed E-state index contributed by atoms with van der Waals surface area (Å²) in [7, 11) is 0. The lowest BCUT2D eigenvalue weighted by atomic mass is 10.1. The molecular formula is C23H29N3O6. The summed E-state index contributed by atoms with van der Waals surface area (Å²) in [5, 5.41) is 17.2. The Kier molecular flexibility index (Phi) is 8.46. The second-order valence-corrected chi connectivity index (χ2v) is 8.03. The molecule has 9 heteroatoms. The number of benzene rings is 2. The molecule has 0 saturated carbocycles. The summed E-state index contributed by atoms with van der Waals surface area (Å²) in [4.78, 5) is 36.2. The smallest absolute Gasteiger partial charge is 0.408 e. The highest BCUT2D eigenvalue weighted by atomic mass is 16.6. The molecule has 0 aliphatic rings. The highest BCUT2D eigenvalue weighted by Gasteiger charge is 2.18. The SMILES string of the molecule is CC(Oc1ccc(O)cc1)C(=O)Nc1ccccc1CNC(=O)CNC(=O)OC(C)(C)C. The van der Waals surface area contributed by atoms with Gasteiger partial charge >= 0.3 is 6.09 Å². The molecule has 0 heterocycles. The Bertz CT molecular complexity index is 937. The van der Waals surface area contributed by atoms with Crippen LogP contribution in [0.25, 0.3) is 0 Å². The third kappa shape index (κ3) is 8.55. The topological polar surface area (TPSA) is 126 Å². The van der Waals surface area contributed by atoms with E-state index in [1.807, 2.05) is 0 Å². The van der Waals surface area contributed by atoms with E-state index >= 15 is 0 Å². The first-order chi connectivity index (χ1) is 15.0. The molecule has 9 nitrogen and oxygen atoms in total. The highest BCUT2D eigenvalue weighted by molar-refractivity contribution is 5.94. The van der Waals surface area contributed by atoms with Crippen LogP contribution in [0.1, 0.15) is 33.3 Å². The van der Waals surface area contributed by atoms with E-state index in [1.54, 1.807) is 64.1 Å². The van der Waals surface area contributed by atoms with E-state index in [-0.39, 0.29) is 24.7 Å². The van der Waals surface area contributed by atoms with Crippen LogP contribution in [0.4, 0.5) is 10.5 Å². The van der Waals surface area contributed by atoms with Crippen molar-refractivity contribution < 1.29 is 29.0 Å². The summed E-state index contributed by atoms with van der Waals surface area (Å²) >= 11 is 0. The predicted molar refractivity (Wildman–Crippen MR) is 119 cm³/mol. The Labute approximate surface area is 187 Å². The molecule has 0 aliphatic carbocycles. The number of hydrogen-bond donors (Lipinski definition) is 4. The number of ether oxygens (including phenoxy) is 2. The quantitative estimate of drug-likeness (QED) is 0.497. The average Bonchev–Trinajstić information content (AvgIpc) is 2.72. The van der Waals surface area contributed by atoms with Gasteiger partial charge in [-0.1, -0.05) is 18.2 Å². The van der Waals surface area contributed by atoms with Crippen molar-refractivity contribution in [1.82, 2.24) is 10.6 Å². The molecule has 0 spiro atoms. The molecule has 2 aromatic carbocycles. The second-order valence-electron chi connectivity index (χ2n) is 8.03. The van der Waals surface area contributed by atoms with Crippen LogP contribution in [-0.4, -0.2) is 41.3 Å². The number of amides is 3. The fourth-order valence-electron chi connectivity index (χ4n) is 2.54. The second kappa shape index (κ2) is 11.0. The molecule has 0 bridgehead atoms. The van der Waals surface area contributed by atoms with Crippen molar-refractivity contribution in [1.29, 1.82) is 0 Å². The number of carbonyl (C=O) groups is 3. The van der Waals surface area contributed by atoms with E-state index in [1.165, 1.54) is 12.1 Å². The average molecular weight is 444 g/mol. The van der Waals surface area contributed by atoms with Crippen molar-refractivity contribution in [3.05, 3.63) is 54.1 Å². The molecule has 0 radical (unpaired) electrons. The molecule has 172 valence electrons. The zero-order chi connectivity index (χ0) is 23.7. The summed E-state index contributed by atoms with van der Waals surface area (Å²) in [6.45, 7) is 6.71. The largest absolute Gasteiger partial charge is 0.508 e. The molecule has 0 saturated heterocycles. The monoisotopic (exact) mass is 443 g/mol. The first-order valence-electron chi connectivity index (χ1n) is 10.1. The van der Waals surface area contributed by atoms with Crippen LogP contribution >= 0.6 is 0 Å². The van der Waals surface area contributed by atoms with E-state index in [2.05, 4.69) is 16.0 Å². The summed E-state index contributed by atoms with van der Waals surface area (Å²) in [6.07, 6.45) is -1.47. The summed E-state index contributed by atoms with van der Waals surface area (Å²) < 4.78 is 10.7. The van der Waals surface area contributed by atoms with Gasteiger partial charge in [0.2, 0.25) is 5.91 Å². The highest BCUT2D eigenvalue weighted by Crippen LogP contribution is 2.19. The van der Waals surface area contributed by atoms with Crippen molar-refractivity contribution in [2.45, 2.75) is 45.9 Å². The molecule has 32 heavy (non-hydrogen) atoms. The Hall–Kier alpha value is -3.75. The van der Waals surface area contributed by atoms with Gasteiger partial charge in [0.1, 0.15) is 23.6 Å². The number of aromatic hydroxyl groups is 1. The van der Waals surface area contributed by atoms with Gasteiger partial charge in [-0.05, 0) is 63.6 Å². The predicted octanol–water partition coefficient (Wildman–Crippen LogP) is 2.94. The third-order valence-electron chi connectivity index (χ3n) is 4.06. The first kappa shape index (κ1) is 24.5. The van der Waals surface area contributed by atoms with Crippen LogP contribution in [0.2, 0.25) is 0 Å². The van der Waals surface area contributed by atoms with Crippen LogP contribution in [0.15, 0.2) is 48.5 Å². The number of phenols is 1. The first-order valence-corrected chi connectivity index (χ1v) is 10.1. The molecule has 0 aliphatic heterocycles. The minimum atomic E-state index is -0.791. The van der Waals surface area contributed by atoms with E-state index < -0.39 is 23.7 Å². The number of alkyl carbamates (subject to hydrolysis) is 1. The summed E-state index contributed by atoms with van der Waals surface area (Å²) in [6, 6.07) is 13.1. The summed E-state index contributed by atoms with van der Waals surface area (Å²) in [5.41, 5.74) is 0.559. The molecule has 2 aromatic rings. The van der Waals surface area contributed by atoms with Gasteiger partial charge in [-0.2, -0.15) is 0 Å². The molecule has 4 N–H and O–H groups in total. The van der Waals surface area contributed by atoms with Crippen LogP contribution < -0.4 is 20.7 Å². The Balaban J connectivity index is 1.87. The lowest BCUT2D eigenvalue weighted by Gasteiger charge is -2.19. The molecular weight excluding hydrogens is 414 g/mol. The Morgan fingerprint density at radius 2 is 1.66 bits per heavy atom. The number of anilines is 1. The Morgan fingerprint density at radius 1 is 1.00 bits per heavy atom. The molecule has 2 rings (SSSR count).